The van der Waals surface area contributed by atoms with Crippen molar-refractivity contribution in [2.45, 2.75) is 12.5 Å². The summed E-state index contributed by atoms with van der Waals surface area (Å²) >= 11 is 0. The fraction of sp³-hybridized carbons (Fsp3) is 0.571. The summed E-state index contributed by atoms with van der Waals surface area (Å²) in [5.41, 5.74) is -0.371. The molecule has 0 aliphatic carbocycles. The highest BCUT2D eigenvalue weighted by atomic mass is 16.2. The van der Waals surface area contributed by atoms with Gasteiger partial charge in [0.2, 0.25) is 5.91 Å². The monoisotopic (exact) mass is 182 g/mol. The van der Waals surface area contributed by atoms with Gasteiger partial charge in [0, 0.05) is 13.6 Å². The maximum Gasteiger partial charge on any atom is 0.364 e. The zero-order chi connectivity index (χ0) is 9.42. The predicted octanol–water partition coefficient (Wildman–Crippen LogP) is -1.36. The zero-order valence-electron chi connectivity index (χ0n) is 7.23. The third-order valence-electron chi connectivity index (χ3n) is 2.19. The maximum atomic E-state index is 11.3. The molecule has 6 heteroatoms. The molecule has 1 saturated heterocycles. The number of rotatable bonds is 1. The normalized spacial score (nSPS) is 21.9. The fourth-order valence-corrected chi connectivity index (χ4v) is 1.55. The molecule has 1 amide bonds. The number of hydrogen-bond acceptors (Lipinski definition) is 3. The molecule has 1 aromatic heterocycles. The Kier molecular flexibility index (Phi) is 1.68. The molecule has 1 aliphatic heterocycles. The number of hydrogen-bond donors (Lipinski definition) is 1. The summed E-state index contributed by atoms with van der Waals surface area (Å²) in [7, 11) is 1.69. The van der Waals surface area contributed by atoms with Gasteiger partial charge in [-0.05, 0) is 6.42 Å². The third kappa shape index (κ3) is 1.14. The Morgan fingerprint density at radius 2 is 2.38 bits per heavy atom. The average Bonchev–Trinajstić information content (AvgIpc) is 2.60. The first-order valence-electron chi connectivity index (χ1n) is 4.08. The van der Waals surface area contributed by atoms with Crippen molar-refractivity contribution in [1.82, 2.24) is 19.7 Å². The van der Waals surface area contributed by atoms with Crippen LogP contribution in [0.4, 0.5) is 0 Å². The summed E-state index contributed by atoms with van der Waals surface area (Å²) in [6.07, 6.45) is 2.06. The average molecular weight is 182 g/mol. The first-order chi connectivity index (χ1) is 6.20. The van der Waals surface area contributed by atoms with Gasteiger partial charge in [-0.25, -0.2) is 9.48 Å². The van der Waals surface area contributed by atoms with E-state index >= 15 is 0 Å². The van der Waals surface area contributed by atoms with Crippen LogP contribution in [0, 0.1) is 0 Å². The van der Waals surface area contributed by atoms with E-state index in [0.717, 1.165) is 0 Å². The Balaban J connectivity index is 2.45. The van der Waals surface area contributed by atoms with E-state index in [0.29, 0.717) is 13.0 Å². The van der Waals surface area contributed by atoms with Crippen LogP contribution in [0.3, 0.4) is 0 Å². The molecule has 0 aromatic carbocycles. The van der Waals surface area contributed by atoms with Gasteiger partial charge in [-0.2, -0.15) is 4.98 Å². The molecular formula is C7H10N4O2. The number of nitrogens with one attached hydrogen (secondary N) is 1. The molecular weight excluding hydrogens is 172 g/mol. The molecule has 1 unspecified atom stereocenters. The van der Waals surface area contributed by atoms with Gasteiger partial charge < -0.3 is 5.32 Å². The minimum atomic E-state index is -0.389. The van der Waals surface area contributed by atoms with E-state index in [4.69, 9.17) is 0 Å². The van der Waals surface area contributed by atoms with Crippen LogP contribution in [-0.2, 0) is 11.8 Å². The van der Waals surface area contributed by atoms with E-state index in [-0.39, 0.29) is 17.6 Å². The molecule has 2 rings (SSSR count). The third-order valence-corrected chi connectivity index (χ3v) is 2.19. The lowest BCUT2D eigenvalue weighted by atomic mass is 10.2. The summed E-state index contributed by atoms with van der Waals surface area (Å²) in [6.45, 7) is 0.626. The highest BCUT2D eigenvalue weighted by Gasteiger charge is 2.28. The summed E-state index contributed by atoms with van der Waals surface area (Å²) in [5.74, 6) is -0.106. The smallest absolute Gasteiger partial charge is 0.354 e. The molecule has 0 saturated carbocycles. The van der Waals surface area contributed by atoms with Crippen molar-refractivity contribution in [3.63, 3.8) is 0 Å². The van der Waals surface area contributed by atoms with Crippen LogP contribution >= 0.6 is 0 Å². The first-order valence-corrected chi connectivity index (χ1v) is 4.08. The van der Waals surface area contributed by atoms with E-state index in [9.17, 15) is 9.59 Å². The maximum absolute atomic E-state index is 11.3. The van der Waals surface area contributed by atoms with E-state index in [1.54, 1.807) is 7.05 Å². The Morgan fingerprint density at radius 1 is 1.62 bits per heavy atom. The highest BCUT2D eigenvalue weighted by molar-refractivity contribution is 5.82. The molecule has 70 valence electrons. The van der Waals surface area contributed by atoms with Gasteiger partial charge in [-0.3, -0.25) is 9.48 Å². The van der Waals surface area contributed by atoms with E-state index in [1.165, 1.54) is 15.7 Å². The van der Waals surface area contributed by atoms with Crippen LogP contribution in [0.5, 0.6) is 0 Å². The van der Waals surface area contributed by atoms with Gasteiger partial charge in [-0.15, -0.1) is 0 Å². The number of amides is 1. The molecule has 1 aromatic rings. The van der Waals surface area contributed by atoms with Gasteiger partial charge in [-0.1, -0.05) is 0 Å². The van der Waals surface area contributed by atoms with Gasteiger partial charge in [0.25, 0.3) is 0 Å². The minimum absolute atomic E-state index is 0.106. The second-order valence-electron chi connectivity index (χ2n) is 3.04. The second-order valence-corrected chi connectivity index (χ2v) is 3.04. The predicted molar refractivity (Wildman–Crippen MR) is 44.1 cm³/mol. The summed E-state index contributed by atoms with van der Waals surface area (Å²) in [6, 6.07) is -0.389. The van der Waals surface area contributed by atoms with E-state index in [1.807, 2.05) is 0 Å². The van der Waals surface area contributed by atoms with Gasteiger partial charge in [0.1, 0.15) is 12.4 Å². The number of nitrogens with zero attached hydrogens (tertiary/aromatic N) is 3. The van der Waals surface area contributed by atoms with Crippen molar-refractivity contribution in [3.05, 3.63) is 16.8 Å². The molecule has 0 radical (unpaired) electrons. The number of aryl methyl sites for hydroxylation is 1. The molecule has 1 fully saturated rings. The number of carbonyl (C=O) groups is 1. The number of aromatic nitrogens is 3. The van der Waals surface area contributed by atoms with Gasteiger partial charge in [0.05, 0.1) is 0 Å². The molecule has 6 nitrogen and oxygen atoms in total. The molecule has 2 heterocycles. The first kappa shape index (κ1) is 8.03. The number of carbonyl (C=O) groups excluding carboxylic acids is 1. The standard InChI is InChI=1S/C7H10N4O2/c1-10-4-9-7(13)11(10)5-2-3-8-6(5)12/h4-5H,2-3H2,1H3,(H,8,12). The van der Waals surface area contributed by atoms with Crippen molar-refractivity contribution in [2.24, 2.45) is 7.05 Å². The van der Waals surface area contributed by atoms with Crippen LogP contribution in [-0.4, -0.2) is 26.8 Å². The molecule has 13 heavy (non-hydrogen) atoms. The SMILES string of the molecule is Cn1cnc(=O)n1C1CCNC1=O. The largest absolute Gasteiger partial charge is 0.364 e. The van der Waals surface area contributed by atoms with Crippen LogP contribution in [0.2, 0.25) is 0 Å². The Labute approximate surface area is 74.2 Å². The van der Waals surface area contributed by atoms with Crippen LogP contribution in [0.25, 0.3) is 0 Å². The second kappa shape index (κ2) is 2.72. The van der Waals surface area contributed by atoms with Crippen molar-refractivity contribution in [3.8, 4) is 0 Å². The Bertz CT molecular complexity index is 391. The lowest BCUT2D eigenvalue weighted by Gasteiger charge is -2.09. The fourth-order valence-electron chi connectivity index (χ4n) is 1.55. The van der Waals surface area contributed by atoms with Crippen molar-refractivity contribution in [2.75, 3.05) is 6.54 Å². The van der Waals surface area contributed by atoms with E-state index < -0.39 is 0 Å². The van der Waals surface area contributed by atoms with Gasteiger partial charge >= 0.3 is 5.69 Å². The lowest BCUT2D eigenvalue weighted by molar-refractivity contribution is -0.122. The molecule has 1 aliphatic rings. The van der Waals surface area contributed by atoms with Crippen LogP contribution in [0.15, 0.2) is 11.1 Å². The Morgan fingerprint density at radius 3 is 2.85 bits per heavy atom. The highest BCUT2D eigenvalue weighted by Crippen LogP contribution is 2.12. The zero-order valence-corrected chi connectivity index (χ0v) is 7.23. The summed E-state index contributed by atoms with van der Waals surface area (Å²) < 4.78 is 2.90. The quantitative estimate of drug-likeness (QED) is 0.583. The lowest BCUT2D eigenvalue weighted by Crippen LogP contribution is -2.32. The molecule has 1 atom stereocenters. The van der Waals surface area contributed by atoms with Gasteiger partial charge in [0.15, 0.2) is 0 Å². The van der Waals surface area contributed by atoms with Crippen LogP contribution in [0.1, 0.15) is 12.5 Å². The summed E-state index contributed by atoms with van der Waals surface area (Å²) in [4.78, 5) is 26.1. The molecule has 0 spiro atoms. The molecule has 1 N–H and O–H groups in total. The van der Waals surface area contributed by atoms with Crippen molar-refractivity contribution in [1.29, 1.82) is 0 Å². The Hall–Kier alpha value is -1.59. The van der Waals surface area contributed by atoms with Crippen molar-refractivity contribution >= 4 is 5.91 Å². The topological polar surface area (TPSA) is 68.9 Å². The molecule has 0 bridgehead atoms. The van der Waals surface area contributed by atoms with Crippen LogP contribution < -0.4 is 11.0 Å². The minimum Gasteiger partial charge on any atom is -0.354 e. The van der Waals surface area contributed by atoms with Crippen molar-refractivity contribution < 1.29 is 4.79 Å². The summed E-state index contributed by atoms with van der Waals surface area (Å²) in [5, 5.41) is 2.67. The van der Waals surface area contributed by atoms with E-state index in [2.05, 4.69) is 10.3 Å².